The molecule has 0 aliphatic heterocycles. The van der Waals surface area contributed by atoms with Gasteiger partial charge in [-0.25, -0.2) is 9.37 Å². The molecular weight excluding hydrogens is 330 g/mol. The summed E-state index contributed by atoms with van der Waals surface area (Å²) in [6.07, 6.45) is -3.40. The highest BCUT2D eigenvalue weighted by Crippen LogP contribution is 2.29. The van der Waals surface area contributed by atoms with Crippen LogP contribution in [0.4, 0.5) is 17.6 Å². The van der Waals surface area contributed by atoms with Crippen LogP contribution in [0.1, 0.15) is 11.5 Å². The molecule has 0 aliphatic carbocycles. The zero-order valence-electron chi connectivity index (χ0n) is 11.9. The Morgan fingerprint density at radius 3 is 2.62 bits per heavy atom. The van der Waals surface area contributed by atoms with Crippen LogP contribution in [0.3, 0.4) is 0 Å². The second-order valence-corrected chi connectivity index (χ2v) is 4.68. The molecule has 0 spiro atoms. The summed E-state index contributed by atoms with van der Waals surface area (Å²) in [7, 11) is 0. The Bertz CT molecular complexity index is 848. The van der Waals surface area contributed by atoms with Gasteiger partial charge in [0, 0.05) is 23.4 Å². The van der Waals surface area contributed by atoms with E-state index in [2.05, 4.69) is 19.6 Å². The number of hydrogen-bond donors (Lipinski definition) is 0. The summed E-state index contributed by atoms with van der Waals surface area (Å²) in [5, 5.41) is 3.28. The second-order valence-electron chi connectivity index (χ2n) is 4.68. The van der Waals surface area contributed by atoms with Gasteiger partial charge in [0.2, 0.25) is 11.7 Å². The Labute approximate surface area is 132 Å². The van der Waals surface area contributed by atoms with Crippen molar-refractivity contribution in [1.29, 1.82) is 0 Å². The van der Waals surface area contributed by atoms with Crippen molar-refractivity contribution in [3.8, 4) is 17.3 Å². The van der Waals surface area contributed by atoms with Gasteiger partial charge in [0.05, 0.1) is 0 Å². The highest BCUT2D eigenvalue weighted by Gasteiger charge is 2.38. The number of benzene rings is 1. The zero-order chi connectivity index (χ0) is 17.2. The van der Waals surface area contributed by atoms with E-state index in [1.54, 1.807) is 18.2 Å². The molecule has 0 bridgehead atoms. The van der Waals surface area contributed by atoms with Gasteiger partial charge in [0.25, 0.3) is 0 Å². The summed E-state index contributed by atoms with van der Waals surface area (Å²) < 4.78 is 60.5. The van der Waals surface area contributed by atoms with Gasteiger partial charge in [-0.05, 0) is 12.1 Å². The van der Waals surface area contributed by atoms with Crippen LogP contribution >= 0.6 is 0 Å². The number of pyridine rings is 1. The molecule has 24 heavy (non-hydrogen) atoms. The fourth-order valence-electron chi connectivity index (χ4n) is 1.85. The van der Waals surface area contributed by atoms with Crippen LogP contribution in [0.15, 0.2) is 47.1 Å². The van der Waals surface area contributed by atoms with Gasteiger partial charge in [0.15, 0.2) is 0 Å². The maximum absolute atomic E-state index is 13.5. The van der Waals surface area contributed by atoms with Crippen LogP contribution in [0.25, 0.3) is 11.4 Å². The molecule has 2 heterocycles. The van der Waals surface area contributed by atoms with Gasteiger partial charge in [-0.1, -0.05) is 23.4 Å². The van der Waals surface area contributed by atoms with Crippen LogP contribution < -0.4 is 4.74 Å². The molecule has 0 unspecified atom stereocenters. The fraction of sp³-hybridized carbons (Fsp3) is 0.133. The first-order valence-corrected chi connectivity index (χ1v) is 6.67. The minimum Gasteiger partial charge on any atom is -0.473 e. The highest BCUT2D eigenvalue weighted by atomic mass is 19.4. The van der Waals surface area contributed by atoms with Gasteiger partial charge in [0.1, 0.15) is 12.4 Å². The van der Waals surface area contributed by atoms with Crippen molar-refractivity contribution >= 4 is 0 Å². The quantitative estimate of drug-likeness (QED) is 0.675. The smallest absolute Gasteiger partial charge is 0.471 e. The number of hydrogen-bond acceptors (Lipinski definition) is 5. The van der Waals surface area contributed by atoms with Crippen molar-refractivity contribution in [3.63, 3.8) is 0 Å². The molecule has 0 saturated carbocycles. The Kier molecular flexibility index (Phi) is 4.15. The molecule has 0 aliphatic rings. The van der Waals surface area contributed by atoms with E-state index in [0.29, 0.717) is 5.56 Å². The standard InChI is InChI=1S/C15H9F4N3O2/c16-11-4-2-1-3-10(11)8-23-12-7-9(5-6-20-12)13-21-14(24-22-13)15(17,18)19/h1-7H,8H2. The Hall–Kier alpha value is -2.97. The van der Waals surface area contributed by atoms with E-state index in [9.17, 15) is 17.6 Å². The predicted molar refractivity (Wildman–Crippen MR) is 73.3 cm³/mol. The van der Waals surface area contributed by atoms with E-state index in [4.69, 9.17) is 4.74 Å². The Balaban J connectivity index is 1.77. The molecule has 0 radical (unpaired) electrons. The lowest BCUT2D eigenvalue weighted by Gasteiger charge is -2.06. The monoisotopic (exact) mass is 339 g/mol. The largest absolute Gasteiger partial charge is 0.473 e. The van der Waals surface area contributed by atoms with Crippen molar-refractivity contribution in [2.75, 3.05) is 0 Å². The lowest BCUT2D eigenvalue weighted by molar-refractivity contribution is -0.159. The lowest BCUT2D eigenvalue weighted by Crippen LogP contribution is -2.04. The van der Waals surface area contributed by atoms with E-state index in [1.165, 1.54) is 24.4 Å². The molecule has 3 rings (SSSR count). The van der Waals surface area contributed by atoms with Crippen LogP contribution in [-0.2, 0) is 12.8 Å². The van der Waals surface area contributed by atoms with Gasteiger partial charge in [-0.15, -0.1) is 0 Å². The van der Waals surface area contributed by atoms with Crippen LogP contribution in [0.2, 0.25) is 0 Å². The minimum atomic E-state index is -4.72. The van der Waals surface area contributed by atoms with Crippen molar-refractivity contribution in [2.24, 2.45) is 0 Å². The number of alkyl halides is 3. The van der Waals surface area contributed by atoms with Gasteiger partial charge < -0.3 is 9.26 Å². The third-order valence-corrected chi connectivity index (χ3v) is 2.99. The summed E-state index contributed by atoms with van der Waals surface area (Å²) in [4.78, 5) is 7.19. The topological polar surface area (TPSA) is 61.0 Å². The first-order valence-electron chi connectivity index (χ1n) is 6.67. The van der Waals surface area contributed by atoms with Crippen molar-refractivity contribution < 1.29 is 26.8 Å². The number of aromatic nitrogens is 3. The number of rotatable bonds is 4. The predicted octanol–water partition coefficient (Wildman–Crippen LogP) is 3.87. The maximum atomic E-state index is 13.5. The molecule has 2 aromatic heterocycles. The molecule has 0 atom stereocenters. The van der Waals surface area contributed by atoms with Crippen molar-refractivity contribution in [1.82, 2.24) is 15.1 Å². The van der Waals surface area contributed by atoms with Gasteiger partial charge in [-0.3, -0.25) is 0 Å². The molecule has 3 aromatic rings. The van der Waals surface area contributed by atoms with E-state index in [-0.39, 0.29) is 23.9 Å². The molecule has 9 heteroatoms. The summed E-state index contributed by atoms with van der Waals surface area (Å²) in [5.74, 6) is -2.03. The second kappa shape index (κ2) is 6.26. The lowest BCUT2D eigenvalue weighted by atomic mass is 10.2. The van der Waals surface area contributed by atoms with E-state index in [0.717, 1.165) is 0 Å². The normalized spacial score (nSPS) is 11.5. The molecule has 0 saturated heterocycles. The summed E-state index contributed by atoms with van der Waals surface area (Å²) in [5.41, 5.74) is 0.552. The van der Waals surface area contributed by atoms with Crippen LogP contribution in [0, 0.1) is 5.82 Å². The van der Waals surface area contributed by atoms with E-state index < -0.39 is 17.9 Å². The first-order chi connectivity index (χ1) is 11.4. The molecule has 0 N–H and O–H groups in total. The average Bonchev–Trinajstić information content (AvgIpc) is 3.05. The van der Waals surface area contributed by atoms with Crippen LogP contribution in [-0.4, -0.2) is 15.1 Å². The number of ether oxygens (including phenoxy) is 1. The maximum Gasteiger partial charge on any atom is 0.471 e. The third kappa shape index (κ3) is 3.50. The Morgan fingerprint density at radius 2 is 1.92 bits per heavy atom. The fourth-order valence-corrected chi connectivity index (χ4v) is 1.85. The SMILES string of the molecule is Fc1ccccc1COc1cc(-c2noc(C(F)(F)F)n2)ccn1. The van der Waals surface area contributed by atoms with Crippen molar-refractivity contribution in [3.05, 3.63) is 59.9 Å². The van der Waals surface area contributed by atoms with Gasteiger partial charge >= 0.3 is 12.1 Å². The molecule has 1 aromatic carbocycles. The minimum absolute atomic E-state index is 0.0802. The van der Waals surface area contributed by atoms with Crippen molar-refractivity contribution in [2.45, 2.75) is 12.8 Å². The number of nitrogens with zero attached hydrogens (tertiary/aromatic N) is 3. The molecular formula is C15H9F4N3O2. The van der Waals surface area contributed by atoms with Gasteiger partial charge in [-0.2, -0.15) is 18.2 Å². The summed E-state index contributed by atoms with van der Waals surface area (Å²) in [6.45, 7) is -0.0802. The Morgan fingerprint density at radius 1 is 1.12 bits per heavy atom. The molecule has 0 amide bonds. The zero-order valence-corrected chi connectivity index (χ0v) is 11.9. The number of halogens is 4. The van der Waals surface area contributed by atoms with Crippen LogP contribution in [0.5, 0.6) is 5.88 Å². The summed E-state index contributed by atoms with van der Waals surface area (Å²) in [6, 6.07) is 8.79. The third-order valence-electron chi connectivity index (χ3n) is 2.99. The van der Waals surface area contributed by atoms with E-state index >= 15 is 0 Å². The molecule has 0 fully saturated rings. The molecule has 124 valence electrons. The average molecular weight is 339 g/mol. The highest BCUT2D eigenvalue weighted by molar-refractivity contribution is 5.55. The first kappa shape index (κ1) is 15.9. The van der Waals surface area contributed by atoms with E-state index in [1.807, 2.05) is 0 Å². The molecule has 5 nitrogen and oxygen atoms in total. The summed E-state index contributed by atoms with van der Waals surface area (Å²) >= 11 is 0.